The Labute approximate surface area is 176 Å². The number of fused-ring (bicyclic) bond motifs is 1. The summed E-state index contributed by atoms with van der Waals surface area (Å²) in [5.74, 6) is -1.68. The van der Waals surface area contributed by atoms with Gasteiger partial charge in [0.25, 0.3) is 11.8 Å². The Morgan fingerprint density at radius 3 is 2.13 bits per heavy atom. The third kappa shape index (κ3) is 4.57. The van der Waals surface area contributed by atoms with Crippen molar-refractivity contribution in [1.82, 2.24) is 4.90 Å². The van der Waals surface area contributed by atoms with E-state index in [1.54, 1.807) is 48.5 Å². The summed E-state index contributed by atoms with van der Waals surface area (Å²) in [6, 6.07) is 13.0. The van der Waals surface area contributed by atoms with E-state index < -0.39 is 31.9 Å². The molecule has 1 atom stereocenters. The lowest BCUT2D eigenvalue weighted by atomic mass is 10.00. The van der Waals surface area contributed by atoms with Crippen LogP contribution >= 0.6 is 0 Å². The minimum atomic E-state index is -1.43. The van der Waals surface area contributed by atoms with Crippen molar-refractivity contribution < 1.29 is 23.9 Å². The van der Waals surface area contributed by atoms with E-state index in [0.717, 1.165) is 10.9 Å². The first-order chi connectivity index (χ1) is 14.2. The maximum Gasteiger partial charge on any atom is 0.329 e. The van der Waals surface area contributed by atoms with Gasteiger partial charge in [-0.15, -0.1) is 0 Å². The van der Waals surface area contributed by atoms with Gasteiger partial charge in [-0.3, -0.25) is 19.3 Å². The predicted octanol–water partition coefficient (Wildman–Crippen LogP) is 3.59. The van der Waals surface area contributed by atoms with Gasteiger partial charge >= 0.3 is 5.97 Å². The summed E-state index contributed by atoms with van der Waals surface area (Å²) in [5.41, 5.74) is 1.53. The number of benzene rings is 2. The van der Waals surface area contributed by atoms with Crippen molar-refractivity contribution in [1.29, 1.82) is 0 Å². The highest BCUT2D eigenvalue weighted by Gasteiger charge is 2.43. The maximum atomic E-state index is 13.0. The van der Waals surface area contributed by atoms with Crippen molar-refractivity contribution in [3.05, 3.63) is 70.8 Å². The average Bonchev–Trinajstić information content (AvgIpc) is 2.96. The van der Waals surface area contributed by atoms with Crippen LogP contribution in [-0.4, -0.2) is 49.7 Å². The summed E-state index contributed by atoms with van der Waals surface area (Å²) in [4.78, 5) is 51.4. The number of imide groups is 1. The monoisotopic (exact) mass is 423 g/mol. The summed E-state index contributed by atoms with van der Waals surface area (Å²) < 4.78 is 5.50. The standard InChI is InChI=1S/C23H25NO5Si/c1-30(2,3)13-12-29-23(28)20(14-16-8-4-5-9-17(16)15-25)24-21(26)18-10-6-7-11-19(18)22(24)27/h4-11,15,20H,12-14H2,1-3H3/t20-/m0/s1. The molecular weight excluding hydrogens is 398 g/mol. The van der Waals surface area contributed by atoms with Crippen molar-refractivity contribution >= 4 is 32.1 Å². The topological polar surface area (TPSA) is 80.8 Å². The van der Waals surface area contributed by atoms with E-state index >= 15 is 0 Å². The highest BCUT2D eigenvalue weighted by atomic mass is 28.3. The van der Waals surface area contributed by atoms with Crippen LogP contribution in [0.3, 0.4) is 0 Å². The fraction of sp³-hybridized carbons (Fsp3) is 0.304. The van der Waals surface area contributed by atoms with Crippen LogP contribution in [-0.2, 0) is 16.0 Å². The smallest absolute Gasteiger partial charge is 0.329 e. The zero-order valence-corrected chi connectivity index (χ0v) is 18.4. The molecule has 0 aromatic heterocycles. The van der Waals surface area contributed by atoms with Gasteiger partial charge in [0.1, 0.15) is 12.3 Å². The molecule has 2 aromatic rings. The van der Waals surface area contributed by atoms with Gasteiger partial charge in [-0.2, -0.15) is 0 Å². The zero-order valence-electron chi connectivity index (χ0n) is 17.4. The van der Waals surface area contributed by atoms with Crippen LogP contribution in [0, 0.1) is 0 Å². The van der Waals surface area contributed by atoms with E-state index in [0.29, 0.717) is 17.4 Å². The quantitative estimate of drug-likeness (QED) is 0.281. The largest absolute Gasteiger partial charge is 0.464 e. The fourth-order valence-corrected chi connectivity index (χ4v) is 4.08. The van der Waals surface area contributed by atoms with Gasteiger partial charge in [0.2, 0.25) is 0 Å². The Kier molecular flexibility index (Phi) is 6.31. The van der Waals surface area contributed by atoms with Crippen molar-refractivity contribution in [3.63, 3.8) is 0 Å². The molecule has 1 heterocycles. The van der Waals surface area contributed by atoms with Crippen LogP contribution < -0.4 is 0 Å². The second kappa shape index (κ2) is 8.75. The second-order valence-electron chi connectivity index (χ2n) is 8.54. The van der Waals surface area contributed by atoms with E-state index in [-0.39, 0.29) is 24.2 Å². The number of hydrogen-bond acceptors (Lipinski definition) is 5. The number of amides is 2. The molecule has 0 saturated carbocycles. The van der Waals surface area contributed by atoms with Gasteiger partial charge < -0.3 is 4.74 Å². The Morgan fingerprint density at radius 1 is 1.00 bits per heavy atom. The molecular formula is C23H25NO5Si. The number of ether oxygens (including phenoxy) is 1. The molecule has 0 aliphatic carbocycles. The lowest BCUT2D eigenvalue weighted by Gasteiger charge is -2.26. The molecule has 0 radical (unpaired) electrons. The molecule has 156 valence electrons. The van der Waals surface area contributed by atoms with Crippen molar-refractivity contribution in [2.75, 3.05) is 6.61 Å². The lowest BCUT2D eigenvalue weighted by molar-refractivity contribution is -0.147. The highest BCUT2D eigenvalue weighted by molar-refractivity contribution is 6.76. The van der Waals surface area contributed by atoms with Crippen LogP contribution in [0.25, 0.3) is 0 Å². The number of rotatable bonds is 8. The Balaban J connectivity index is 1.92. The molecule has 0 spiro atoms. The van der Waals surface area contributed by atoms with E-state index in [9.17, 15) is 19.2 Å². The normalized spacial score (nSPS) is 14.4. The maximum absolute atomic E-state index is 13.0. The molecule has 7 heteroatoms. The first-order valence-electron chi connectivity index (χ1n) is 9.89. The van der Waals surface area contributed by atoms with Crippen LogP contribution in [0.2, 0.25) is 25.7 Å². The summed E-state index contributed by atoms with van der Waals surface area (Å²) in [6.07, 6.45) is 0.720. The number of nitrogens with zero attached hydrogens (tertiary/aromatic N) is 1. The number of carbonyl (C=O) groups is 4. The molecule has 30 heavy (non-hydrogen) atoms. The first-order valence-corrected chi connectivity index (χ1v) is 13.6. The molecule has 1 aliphatic rings. The molecule has 1 aliphatic heterocycles. The third-order valence-electron chi connectivity index (χ3n) is 5.10. The molecule has 2 amide bonds. The summed E-state index contributed by atoms with van der Waals surface area (Å²) in [6.45, 7) is 6.75. The van der Waals surface area contributed by atoms with Crippen molar-refractivity contribution in [3.8, 4) is 0 Å². The summed E-state index contributed by atoms with van der Waals surface area (Å²) in [5, 5.41) is 0. The molecule has 0 bridgehead atoms. The Bertz CT molecular complexity index is 960. The highest BCUT2D eigenvalue weighted by Crippen LogP contribution is 2.27. The van der Waals surface area contributed by atoms with Gasteiger partial charge in [0, 0.05) is 20.1 Å². The molecule has 0 saturated heterocycles. The van der Waals surface area contributed by atoms with E-state index in [1.165, 1.54) is 0 Å². The van der Waals surface area contributed by atoms with Gasteiger partial charge in [-0.25, -0.2) is 4.79 Å². The minimum Gasteiger partial charge on any atom is -0.464 e. The average molecular weight is 424 g/mol. The van der Waals surface area contributed by atoms with Crippen LogP contribution in [0.4, 0.5) is 0 Å². The van der Waals surface area contributed by atoms with Crippen molar-refractivity contribution in [2.45, 2.75) is 38.1 Å². The van der Waals surface area contributed by atoms with E-state index in [2.05, 4.69) is 19.6 Å². The number of aldehydes is 1. The van der Waals surface area contributed by atoms with Gasteiger partial charge in [-0.1, -0.05) is 56.0 Å². The van der Waals surface area contributed by atoms with E-state index in [1.807, 2.05) is 0 Å². The van der Waals surface area contributed by atoms with Crippen LogP contribution in [0.5, 0.6) is 0 Å². The number of esters is 1. The third-order valence-corrected chi connectivity index (χ3v) is 6.81. The molecule has 6 nitrogen and oxygen atoms in total. The van der Waals surface area contributed by atoms with Crippen LogP contribution in [0.15, 0.2) is 48.5 Å². The fourth-order valence-electron chi connectivity index (χ4n) is 3.37. The Hall–Kier alpha value is -3.06. The predicted molar refractivity (Wildman–Crippen MR) is 115 cm³/mol. The van der Waals surface area contributed by atoms with Gasteiger partial charge in [0.15, 0.2) is 0 Å². The molecule has 0 fully saturated rings. The van der Waals surface area contributed by atoms with Crippen molar-refractivity contribution in [2.24, 2.45) is 0 Å². The lowest BCUT2D eigenvalue weighted by Crippen LogP contribution is -2.47. The second-order valence-corrected chi connectivity index (χ2v) is 14.2. The number of hydrogen-bond donors (Lipinski definition) is 0. The summed E-state index contributed by atoms with van der Waals surface area (Å²) in [7, 11) is -1.43. The molecule has 0 unspecified atom stereocenters. The Morgan fingerprint density at radius 2 is 1.57 bits per heavy atom. The van der Waals surface area contributed by atoms with Gasteiger partial charge in [-0.05, 0) is 23.7 Å². The SMILES string of the molecule is C[Si](C)(C)CCOC(=O)[C@H](Cc1ccccc1C=O)N1C(=O)c2ccccc2C1=O. The molecule has 2 aromatic carbocycles. The van der Waals surface area contributed by atoms with E-state index in [4.69, 9.17) is 4.74 Å². The van der Waals surface area contributed by atoms with Crippen LogP contribution in [0.1, 0.15) is 36.6 Å². The molecule has 0 N–H and O–H groups in total. The minimum absolute atomic E-state index is 0.0200. The zero-order chi connectivity index (χ0) is 21.9. The number of carbonyl (C=O) groups excluding carboxylic acids is 4. The van der Waals surface area contributed by atoms with Gasteiger partial charge in [0.05, 0.1) is 17.7 Å². The molecule has 3 rings (SSSR count). The first kappa shape index (κ1) is 21.6. The summed E-state index contributed by atoms with van der Waals surface area (Å²) >= 11 is 0.